The molecule has 0 aliphatic rings. The fourth-order valence-corrected chi connectivity index (χ4v) is 2.28. The Morgan fingerprint density at radius 2 is 2.00 bits per heavy atom. The molecule has 0 radical (unpaired) electrons. The number of hydrogen-bond donors (Lipinski definition) is 1. The zero-order valence-electron chi connectivity index (χ0n) is 12.4. The molecule has 22 heavy (non-hydrogen) atoms. The second-order valence-electron chi connectivity index (χ2n) is 4.92. The Hall–Kier alpha value is -2.14. The van der Waals surface area contributed by atoms with Gasteiger partial charge in [-0.15, -0.1) is 0 Å². The Balaban J connectivity index is 2.01. The van der Waals surface area contributed by atoms with E-state index in [9.17, 15) is 4.79 Å². The van der Waals surface area contributed by atoms with E-state index in [0.717, 1.165) is 15.8 Å². The minimum atomic E-state index is -0.265. The van der Waals surface area contributed by atoms with Crippen LogP contribution in [-0.2, 0) is 0 Å². The molecular weight excluding hydrogens is 344 g/mol. The third-order valence-corrected chi connectivity index (χ3v) is 3.42. The molecule has 1 N–H and O–H groups in total. The van der Waals surface area contributed by atoms with Crippen LogP contribution < -0.4 is 10.2 Å². The largest absolute Gasteiger partial charge is 0.491 e. The van der Waals surface area contributed by atoms with E-state index < -0.39 is 0 Å². The number of nitrogens with zero attached hydrogens (tertiary/aromatic N) is 1. The topological polar surface area (TPSA) is 50.7 Å². The molecule has 2 aromatic carbocycles. The maximum absolute atomic E-state index is 12.0. The summed E-state index contributed by atoms with van der Waals surface area (Å²) < 4.78 is 6.34. The molecule has 0 aromatic heterocycles. The van der Waals surface area contributed by atoms with Crippen molar-refractivity contribution in [2.75, 3.05) is 0 Å². The predicted octanol–water partition coefficient (Wildman–Crippen LogP) is 4.00. The van der Waals surface area contributed by atoms with Crippen molar-refractivity contribution in [3.8, 4) is 5.75 Å². The summed E-state index contributed by atoms with van der Waals surface area (Å²) in [6.45, 7) is 3.94. The van der Waals surface area contributed by atoms with Crippen LogP contribution in [-0.4, -0.2) is 18.2 Å². The highest BCUT2D eigenvalue weighted by Gasteiger charge is 2.07. The Kier molecular flexibility index (Phi) is 5.72. The van der Waals surface area contributed by atoms with Gasteiger partial charge in [0.1, 0.15) is 5.75 Å². The van der Waals surface area contributed by atoms with Crippen LogP contribution in [0.2, 0.25) is 0 Å². The lowest BCUT2D eigenvalue weighted by molar-refractivity contribution is 0.0954. The number of amides is 1. The SMILES string of the molecule is CC(C)Oc1cccc(/C=N/NC(=O)c2ccccc2Br)c1. The normalized spacial score (nSPS) is 10.9. The van der Waals surface area contributed by atoms with E-state index in [1.165, 1.54) is 0 Å². The number of carbonyl (C=O) groups is 1. The molecule has 0 unspecified atom stereocenters. The maximum Gasteiger partial charge on any atom is 0.272 e. The summed E-state index contributed by atoms with van der Waals surface area (Å²) in [7, 11) is 0. The van der Waals surface area contributed by atoms with Crippen LogP contribution in [0.15, 0.2) is 58.1 Å². The molecule has 114 valence electrons. The number of nitrogens with one attached hydrogen (secondary N) is 1. The third-order valence-electron chi connectivity index (χ3n) is 2.73. The second-order valence-corrected chi connectivity index (χ2v) is 5.77. The molecule has 0 aliphatic heterocycles. The molecule has 4 nitrogen and oxygen atoms in total. The molecular formula is C17H17BrN2O2. The zero-order chi connectivity index (χ0) is 15.9. The molecule has 0 spiro atoms. The van der Waals surface area contributed by atoms with E-state index in [1.54, 1.807) is 18.3 Å². The van der Waals surface area contributed by atoms with Gasteiger partial charge in [0.25, 0.3) is 5.91 Å². The summed E-state index contributed by atoms with van der Waals surface area (Å²) in [6, 6.07) is 14.7. The quantitative estimate of drug-likeness (QED) is 0.647. The zero-order valence-corrected chi connectivity index (χ0v) is 14.0. The van der Waals surface area contributed by atoms with Gasteiger partial charge in [0, 0.05) is 4.47 Å². The van der Waals surface area contributed by atoms with Gasteiger partial charge in [-0.3, -0.25) is 4.79 Å². The summed E-state index contributed by atoms with van der Waals surface area (Å²) in [4.78, 5) is 12.0. The van der Waals surface area contributed by atoms with Crippen molar-refractivity contribution in [3.05, 3.63) is 64.1 Å². The van der Waals surface area contributed by atoms with Crippen LogP contribution in [0.1, 0.15) is 29.8 Å². The number of hydrazone groups is 1. The minimum Gasteiger partial charge on any atom is -0.491 e. The Morgan fingerprint density at radius 3 is 2.73 bits per heavy atom. The second kappa shape index (κ2) is 7.75. The highest BCUT2D eigenvalue weighted by Crippen LogP contribution is 2.16. The first kappa shape index (κ1) is 16.2. The number of carbonyl (C=O) groups excluding carboxylic acids is 1. The van der Waals surface area contributed by atoms with Gasteiger partial charge in [-0.2, -0.15) is 5.10 Å². The average molecular weight is 361 g/mol. The van der Waals surface area contributed by atoms with Gasteiger partial charge in [0.05, 0.1) is 17.9 Å². The van der Waals surface area contributed by atoms with E-state index >= 15 is 0 Å². The standard InChI is InChI=1S/C17H17BrN2O2/c1-12(2)22-14-7-5-6-13(10-14)11-19-20-17(21)15-8-3-4-9-16(15)18/h3-12H,1-2H3,(H,20,21)/b19-11+. The van der Waals surface area contributed by atoms with Crippen molar-refractivity contribution in [1.82, 2.24) is 5.43 Å². The summed E-state index contributed by atoms with van der Waals surface area (Å²) in [5, 5.41) is 3.98. The van der Waals surface area contributed by atoms with Crippen LogP contribution in [0.3, 0.4) is 0 Å². The van der Waals surface area contributed by atoms with E-state index in [0.29, 0.717) is 5.56 Å². The lowest BCUT2D eigenvalue weighted by atomic mass is 10.2. The van der Waals surface area contributed by atoms with Gasteiger partial charge in [-0.1, -0.05) is 24.3 Å². The van der Waals surface area contributed by atoms with Gasteiger partial charge < -0.3 is 4.74 Å². The van der Waals surface area contributed by atoms with E-state index in [2.05, 4.69) is 26.5 Å². The molecule has 5 heteroatoms. The first-order valence-corrected chi connectivity index (χ1v) is 7.70. The first-order valence-electron chi connectivity index (χ1n) is 6.91. The van der Waals surface area contributed by atoms with Crippen LogP contribution in [0, 0.1) is 0 Å². The number of ether oxygens (including phenoxy) is 1. The molecule has 1 amide bonds. The van der Waals surface area contributed by atoms with Gasteiger partial charge in [0.15, 0.2) is 0 Å². The van der Waals surface area contributed by atoms with Crippen LogP contribution in [0.4, 0.5) is 0 Å². The molecule has 0 atom stereocenters. The van der Waals surface area contributed by atoms with Crippen molar-refractivity contribution >= 4 is 28.1 Å². The molecule has 2 aromatic rings. The van der Waals surface area contributed by atoms with Gasteiger partial charge >= 0.3 is 0 Å². The number of halogens is 1. The molecule has 0 saturated carbocycles. The van der Waals surface area contributed by atoms with Crippen LogP contribution in [0.5, 0.6) is 5.75 Å². The molecule has 0 heterocycles. The monoisotopic (exact) mass is 360 g/mol. The highest BCUT2D eigenvalue weighted by atomic mass is 79.9. The van der Waals surface area contributed by atoms with Crippen molar-refractivity contribution in [3.63, 3.8) is 0 Å². The van der Waals surface area contributed by atoms with Gasteiger partial charge in [-0.25, -0.2) is 5.43 Å². The molecule has 0 saturated heterocycles. The van der Waals surface area contributed by atoms with E-state index in [1.807, 2.05) is 50.2 Å². The number of rotatable bonds is 5. The van der Waals surface area contributed by atoms with Gasteiger partial charge in [0.2, 0.25) is 0 Å². The Bertz CT molecular complexity index is 684. The van der Waals surface area contributed by atoms with Crippen molar-refractivity contribution in [1.29, 1.82) is 0 Å². The first-order chi connectivity index (χ1) is 10.6. The Labute approximate surface area is 138 Å². The third kappa shape index (κ3) is 4.70. The minimum absolute atomic E-state index is 0.113. The molecule has 0 bridgehead atoms. The van der Waals surface area contributed by atoms with E-state index in [4.69, 9.17) is 4.74 Å². The van der Waals surface area contributed by atoms with Gasteiger partial charge in [-0.05, 0) is 59.6 Å². The lowest BCUT2D eigenvalue weighted by Crippen LogP contribution is -2.18. The molecule has 0 aliphatic carbocycles. The number of benzene rings is 2. The van der Waals surface area contributed by atoms with Crippen LogP contribution in [0.25, 0.3) is 0 Å². The predicted molar refractivity (Wildman–Crippen MR) is 91.4 cm³/mol. The average Bonchev–Trinajstić information content (AvgIpc) is 2.47. The fourth-order valence-electron chi connectivity index (χ4n) is 1.81. The summed E-state index contributed by atoms with van der Waals surface area (Å²) >= 11 is 3.34. The van der Waals surface area contributed by atoms with Crippen molar-refractivity contribution in [2.45, 2.75) is 20.0 Å². The molecule has 2 rings (SSSR count). The summed E-state index contributed by atoms with van der Waals surface area (Å²) in [5.74, 6) is 0.509. The maximum atomic E-state index is 12.0. The van der Waals surface area contributed by atoms with E-state index in [-0.39, 0.29) is 12.0 Å². The van der Waals surface area contributed by atoms with Crippen molar-refractivity contribution < 1.29 is 9.53 Å². The Morgan fingerprint density at radius 1 is 1.23 bits per heavy atom. The van der Waals surface area contributed by atoms with Crippen LogP contribution >= 0.6 is 15.9 Å². The lowest BCUT2D eigenvalue weighted by Gasteiger charge is -2.09. The number of hydrogen-bond acceptors (Lipinski definition) is 3. The molecule has 0 fully saturated rings. The fraction of sp³-hybridized carbons (Fsp3) is 0.176. The van der Waals surface area contributed by atoms with Crippen molar-refractivity contribution in [2.24, 2.45) is 5.10 Å². The summed E-state index contributed by atoms with van der Waals surface area (Å²) in [5.41, 5.74) is 3.90. The smallest absolute Gasteiger partial charge is 0.272 e. The highest BCUT2D eigenvalue weighted by molar-refractivity contribution is 9.10. The summed E-state index contributed by atoms with van der Waals surface area (Å²) in [6.07, 6.45) is 1.70.